The minimum atomic E-state index is -0.307. The summed E-state index contributed by atoms with van der Waals surface area (Å²) in [5.74, 6) is 0.847. The maximum Gasteiger partial charge on any atom is 0.269 e. The van der Waals surface area contributed by atoms with Crippen LogP contribution < -0.4 is 9.75 Å². The van der Waals surface area contributed by atoms with Crippen molar-refractivity contribution in [2.45, 2.75) is 19.8 Å². The van der Waals surface area contributed by atoms with E-state index in [1.165, 1.54) is 12.1 Å². The lowest BCUT2D eigenvalue weighted by atomic mass is 10.00. The Balaban J connectivity index is 1.48. The van der Waals surface area contributed by atoms with Crippen LogP contribution in [0.15, 0.2) is 65.6 Å². The summed E-state index contributed by atoms with van der Waals surface area (Å²) in [7, 11) is 1.65. The number of hydrogen-bond acceptors (Lipinski definition) is 5. The second kappa shape index (κ2) is 8.54. The summed E-state index contributed by atoms with van der Waals surface area (Å²) in [6.45, 7) is 2.82. The summed E-state index contributed by atoms with van der Waals surface area (Å²) in [6, 6.07) is 12.2. The molecule has 2 aliphatic rings. The fourth-order valence-corrected chi connectivity index (χ4v) is 4.27. The molecule has 1 aromatic heterocycles. The largest absolute Gasteiger partial charge is 0.495 e. The third-order valence-electron chi connectivity index (χ3n) is 5.81. The van der Waals surface area contributed by atoms with Crippen LogP contribution in [0.1, 0.15) is 24.1 Å². The highest BCUT2D eigenvalue weighted by Gasteiger charge is 2.32. The number of anilines is 1. The fourth-order valence-electron chi connectivity index (χ4n) is 4.27. The molecule has 0 aliphatic carbocycles. The topological polar surface area (TPSA) is 63.0 Å². The average Bonchev–Trinajstić information content (AvgIpc) is 3.25. The van der Waals surface area contributed by atoms with Gasteiger partial charge in [-0.15, -0.1) is 0 Å². The first kappa shape index (κ1) is 20.9. The minimum Gasteiger partial charge on any atom is -0.495 e. The first-order valence-corrected chi connectivity index (χ1v) is 10.8. The van der Waals surface area contributed by atoms with Crippen LogP contribution in [-0.2, 0) is 4.79 Å². The molecular formula is C25H24FN5O2. The number of aromatic nitrogens is 2. The summed E-state index contributed by atoms with van der Waals surface area (Å²) in [6.07, 6.45) is 7.49. The van der Waals surface area contributed by atoms with Gasteiger partial charge in [0.1, 0.15) is 18.1 Å². The standard InChI is InChI=1S/C25H24FN5O2/c1-17-14-29(16-27-17)22-10-5-18(13-23(22)33-2)12-19-4-3-11-30-25(19)28-24(32)15-31(30)21-8-6-20(26)7-9-21/h5-10,12-14,16H,3-4,11,15H2,1-2H3/b19-12+. The number of rotatable bonds is 4. The molecule has 2 aliphatic heterocycles. The molecule has 3 heterocycles. The second-order valence-corrected chi connectivity index (χ2v) is 8.11. The highest BCUT2D eigenvalue weighted by Crippen LogP contribution is 2.30. The number of benzene rings is 2. The number of carbonyl (C=O) groups excluding carboxylic acids is 1. The monoisotopic (exact) mass is 445 g/mol. The molecule has 1 saturated heterocycles. The van der Waals surface area contributed by atoms with E-state index in [1.54, 1.807) is 25.6 Å². The number of piperidine rings is 1. The van der Waals surface area contributed by atoms with Crippen LogP contribution in [0.5, 0.6) is 5.75 Å². The lowest BCUT2D eigenvalue weighted by Crippen LogP contribution is -2.55. The van der Waals surface area contributed by atoms with Crippen LogP contribution in [0.3, 0.4) is 0 Å². The van der Waals surface area contributed by atoms with Gasteiger partial charge in [0.2, 0.25) is 0 Å². The van der Waals surface area contributed by atoms with E-state index >= 15 is 0 Å². The maximum atomic E-state index is 13.4. The summed E-state index contributed by atoms with van der Waals surface area (Å²) in [4.78, 5) is 21.1. The van der Waals surface area contributed by atoms with Gasteiger partial charge in [0.05, 0.1) is 30.5 Å². The Morgan fingerprint density at radius 2 is 1.94 bits per heavy atom. The molecule has 0 spiro atoms. The molecule has 0 N–H and O–H groups in total. The Morgan fingerprint density at radius 3 is 2.67 bits per heavy atom. The van der Waals surface area contributed by atoms with Crippen LogP contribution in [-0.4, -0.2) is 46.5 Å². The van der Waals surface area contributed by atoms with Gasteiger partial charge >= 0.3 is 0 Å². The lowest BCUT2D eigenvalue weighted by Gasteiger charge is -2.43. The number of amidine groups is 1. The number of hydrazine groups is 1. The van der Waals surface area contributed by atoms with E-state index in [4.69, 9.17) is 4.74 Å². The second-order valence-electron chi connectivity index (χ2n) is 8.11. The Labute approximate surface area is 191 Å². The van der Waals surface area contributed by atoms with Crippen molar-refractivity contribution < 1.29 is 13.9 Å². The van der Waals surface area contributed by atoms with E-state index in [0.29, 0.717) is 5.84 Å². The van der Waals surface area contributed by atoms with Gasteiger partial charge in [0.15, 0.2) is 5.84 Å². The fraction of sp³-hybridized carbons (Fsp3) is 0.240. The van der Waals surface area contributed by atoms with Gasteiger partial charge in [-0.05, 0) is 73.4 Å². The number of aliphatic imine (C=N–C) groups is 1. The van der Waals surface area contributed by atoms with Crippen LogP contribution in [0, 0.1) is 12.7 Å². The van der Waals surface area contributed by atoms with E-state index < -0.39 is 0 Å². The first-order chi connectivity index (χ1) is 16.0. The molecule has 33 heavy (non-hydrogen) atoms. The molecule has 8 heteroatoms. The zero-order chi connectivity index (χ0) is 22.9. The Hall–Kier alpha value is -3.94. The van der Waals surface area contributed by atoms with Gasteiger partial charge < -0.3 is 9.30 Å². The molecule has 3 aromatic rings. The highest BCUT2D eigenvalue weighted by molar-refractivity contribution is 6.11. The van der Waals surface area contributed by atoms with E-state index in [-0.39, 0.29) is 18.3 Å². The third kappa shape index (κ3) is 4.11. The van der Waals surface area contributed by atoms with Gasteiger partial charge in [-0.25, -0.2) is 9.37 Å². The maximum absolute atomic E-state index is 13.4. The molecule has 0 radical (unpaired) electrons. The van der Waals surface area contributed by atoms with Crippen molar-refractivity contribution in [3.63, 3.8) is 0 Å². The average molecular weight is 445 g/mol. The highest BCUT2D eigenvalue weighted by atomic mass is 19.1. The van der Waals surface area contributed by atoms with Gasteiger partial charge in [0.25, 0.3) is 5.91 Å². The molecule has 7 nitrogen and oxygen atoms in total. The molecule has 168 valence electrons. The smallest absolute Gasteiger partial charge is 0.269 e. The molecule has 1 amide bonds. The van der Waals surface area contributed by atoms with Crippen molar-refractivity contribution in [3.8, 4) is 11.4 Å². The predicted octanol–water partition coefficient (Wildman–Crippen LogP) is 4.17. The Kier molecular flexibility index (Phi) is 5.42. The predicted molar refractivity (Wildman–Crippen MR) is 125 cm³/mol. The molecule has 2 aromatic carbocycles. The number of halogens is 1. The summed E-state index contributed by atoms with van der Waals surface area (Å²) in [5, 5.41) is 3.89. The van der Waals surface area contributed by atoms with Gasteiger partial charge in [-0.3, -0.25) is 14.8 Å². The molecule has 0 unspecified atom stereocenters. The van der Waals surface area contributed by atoms with Crippen molar-refractivity contribution in [3.05, 3.63) is 77.6 Å². The molecule has 0 atom stereocenters. The number of fused-ring (bicyclic) bond motifs is 1. The summed E-state index contributed by atoms with van der Waals surface area (Å²) < 4.78 is 21.0. The molecule has 0 bridgehead atoms. The van der Waals surface area contributed by atoms with E-state index in [2.05, 4.69) is 16.1 Å². The number of hydrogen-bond donors (Lipinski definition) is 0. The molecular weight excluding hydrogens is 421 g/mol. The summed E-state index contributed by atoms with van der Waals surface area (Å²) >= 11 is 0. The Morgan fingerprint density at radius 1 is 1.12 bits per heavy atom. The number of nitrogens with zero attached hydrogens (tertiary/aromatic N) is 5. The van der Waals surface area contributed by atoms with Crippen molar-refractivity contribution in [2.75, 3.05) is 25.2 Å². The van der Waals surface area contributed by atoms with Crippen LogP contribution >= 0.6 is 0 Å². The molecule has 1 fully saturated rings. The van der Waals surface area contributed by atoms with E-state index in [9.17, 15) is 9.18 Å². The normalized spacial score (nSPS) is 17.2. The Bertz CT molecular complexity index is 1260. The van der Waals surface area contributed by atoms with Crippen molar-refractivity contribution in [2.24, 2.45) is 4.99 Å². The first-order valence-electron chi connectivity index (χ1n) is 10.8. The van der Waals surface area contributed by atoms with Crippen LogP contribution in [0.25, 0.3) is 11.8 Å². The zero-order valence-electron chi connectivity index (χ0n) is 18.5. The van der Waals surface area contributed by atoms with Gasteiger partial charge in [-0.1, -0.05) is 6.07 Å². The molecule has 5 rings (SSSR count). The zero-order valence-corrected chi connectivity index (χ0v) is 18.5. The number of amides is 1. The summed E-state index contributed by atoms with van der Waals surface area (Å²) in [5.41, 5.74) is 4.53. The van der Waals surface area contributed by atoms with Crippen molar-refractivity contribution in [1.82, 2.24) is 14.6 Å². The number of ether oxygens (including phenoxy) is 1. The molecule has 0 saturated carbocycles. The van der Waals surface area contributed by atoms with E-state index in [1.807, 2.05) is 45.9 Å². The SMILES string of the molecule is COc1cc(/C=C2\CCCN3C2=NC(=O)CN3c2ccc(F)cc2)ccc1-n1cnc(C)c1. The minimum absolute atomic E-state index is 0.134. The number of aryl methyl sites for hydroxylation is 1. The number of imidazole rings is 1. The number of methoxy groups -OCH3 is 1. The van der Waals surface area contributed by atoms with Gasteiger partial charge in [-0.2, -0.15) is 4.99 Å². The van der Waals surface area contributed by atoms with Gasteiger partial charge in [0, 0.05) is 12.7 Å². The number of carbonyl (C=O) groups is 1. The lowest BCUT2D eigenvalue weighted by molar-refractivity contribution is -0.117. The van der Waals surface area contributed by atoms with Crippen molar-refractivity contribution >= 4 is 23.5 Å². The third-order valence-corrected chi connectivity index (χ3v) is 5.81. The quantitative estimate of drug-likeness (QED) is 0.603. The van der Waals surface area contributed by atoms with Crippen molar-refractivity contribution in [1.29, 1.82) is 0 Å². The van der Waals surface area contributed by atoms with E-state index in [0.717, 1.165) is 53.3 Å². The van der Waals surface area contributed by atoms with Crippen LogP contribution in [0.2, 0.25) is 0 Å². The van der Waals surface area contributed by atoms with Crippen LogP contribution in [0.4, 0.5) is 10.1 Å².